The van der Waals surface area contributed by atoms with E-state index in [1.807, 2.05) is 60.8 Å². The molecule has 0 unspecified atom stereocenters. The van der Waals surface area contributed by atoms with Crippen molar-refractivity contribution in [1.82, 2.24) is 9.55 Å². The van der Waals surface area contributed by atoms with Gasteiger partial charge in [-0.25, -0.2) is 4.98 Å². The minimum Gasteiger partial charge on any atom is -0.497 e. The number of hydrogen-bond acceptors (Lipinski definition) is 7. The standard InChI is InChI=1S/C25H25N3O4S2/c1-4-21(23(29)26-17-6-5-7-19(14-17)32-3)34-25-27-20-12-13-33-22(20)24(30)28(25)15-16-8-10-18(31-2)11-9-16/h5-14,21H,4,15H2,1-3H3,(H,26,29)/t21-/m1/s1. The Hall–Kier alpha value is -3.30. The minimum atomic E-state index is -0.434. The maximum Gasteiger partial charge on any atom is 0.272 e. The molecule has 4 rings (SSSR count). The first-order chi connectivity index (χ1) is 16.5. The summed E-state index contributed by atoms with van der Waals surface area (Å²) in [5.74, 6) is 1.26. The van der Waals surface area contributed by atoms with Crippen LogP contribution in [0.15, 0.2) is 69.9 Å². The van der Waals surface area contributed by atoms with Crippen LogP contribution in [0.25, 0.3) is 10.2 Å². The Kier molecular flexibility index (Phi) is 7.54. The van der Waals surface area contributed by atoms with Gasteiger partial charge in [-0.2, -0.15) is 0 Å². The fourth-order valence-electron chi connectivity index (χ4n) is 3.44. The zero-order valence-electron chi connectivity index (χ0n) is 19.1. The number of benzene rings is 2. The molecule has 2 heterocycles. The zero-order chi connectivity index (χ0) is 24.1. The molecule has 0 aliphatic carbocycles. The van der Waals surface area contributed by atoms with E-state index in [0.717, 1.165) is 11.3 Å². The third kappa shape index (κ3) is 5.26. The Bertz CT molecular complexity index is 1350. The molecule has 7 nitrogen and oxygen atoms in total. The lowest BCUT2D eigenvalue weighted by Gasteiger charge is -2.18. The van der Waals surface area contributed by atoms with E-state index in [1.165, 1.54) is 23.1 Å². The Morgan fingerprint density at radius 1 is 1.12 bits per heavy atom. The number of methoxy groups -OCH3 is 2. The van der Waals surface area contributed by atoms with Crippen molar-refractivity contribution in [2.75, 3.05) is 19.5 Å². The van der Waals surface area contributed by atoms with E-state index in [2.05, 4.69) is 5.32 Å². The molecule has 9 heteroatoms. The van der Waals surface area contributed by atoms with Gasteiger partial charge in [-0.15, -0.1) is 11.3 Å². The van der Waals surface area contributed by atoms with E-state index in [4.69, 9.17) is 14.5 Å². The number of rotatable bonds is 9. The number of thiophene rings is 1. The number of aromatic nitrogens is 2. The molecule has 0 aliphatic rings. The zero-order valence-corrected chi connectivity index (χ0v) is 20.7. The lowest BCUT2D eigenvalue weighted by Crippen LogP contribution is -2.28. The first kappa shape index (κ1) is 23.8. The predicted octanol–water partition coefficient (Wildman–Crippen LogP) is 5.03. The van der Waals surface area contributed by atoms with Crippen molar-refractivity contribution in [2.24, 2.45) is 0 Å². The van der Waals surface area contributed by atoms with Gasteiger partial charge in [0.1, 0.15) is 16.2 Å². The van der Waals surface area contributed by atoms with Gasteiger partial charge in [0.2, 0.25) is 5.91 Å². The molecule has 1 N–H and O–H groups in total. The molecule has 0 aliphatic heterocycles. The summed E-state index contributed by atoms with van der Waals surface area (Å²) in [4.78, 5) is 31.1. The van der Waals surface area contributed by atoms with E-state index >= 15 is 0 Å². The van der Waals surface area contributed by atoms with Crippen LogP contribution < -0.4 is 20.3 Å². The van der Waals surface area contributed by atoms with Crippen molar-refractivity contribution in [1.29, 1.82) is 0 Å². The summed E-state index contributed by atoms with van der Waals surface area (Å²) in [5.41, 5.74) is 2.13. The first-order valence-corrected chi connectivity index (χ1v) is 12.5. The van der Waals surface area contributed by atoms with Gasteiger partial charge in [0.05, 0.1) is 31.5 Å². The minimum absolute atomic E-state index is 0.110. The Morgan fingerprint density at radius 3 is 2.59 bits per heavy atom. The molecule has 1 amide bonds. The summed E-state index contributed by atoms with van der Waals surface area (Å²) >= 11 is 2.67. The highest BCUT2D eigenvalue weighted by atomic mass is 32.2. The highest BCUT2D eigenvalue weighted by molar-refractivity contribution is 8.00. The van der Waals surface area contributed by atoms with Crippen molar-refractivity contribution in [3.63, 3.8) is 0 Å². The molecule has 0 spiro atoms. The molecular weight excluding hydrogens is 470 g/mol. The van der Waals surface area contributed by atoms with Gasteiger partial charge in [-0.3, -0.25) is 14.2 Å². The molecule has 176 valence electrons. The van der Waals surface area contributed by atoms with Gasteiger partial charge in [0.15, 0.2) is 5.16 Å². The molecular formula is C25H25N3O4S2. The van der Waals surface area contributed by atoms with Crippen LogP contribution >= 0.6 is 23.1 Å². The van der Waals surface area contributed by atoms with Crippen molar-refractivity contribution in [3.8, 4) is 11.5 Å². The lowest BCUT2D eigenvalue weighted by molar-refractivity contribution is -0.115. The fraction of sp³-hybridized carbons (Fsp3) is 0.240. The summed E-state index contributed by atoms with van der Waals surface area (Å²) in [6.07, 6.45) is 0.570. The van der Waals surface area contributed by atoms with E-state index in [-0.39, 0.29) is 11.5 Å². The second-order valence-corrected chi connectivity index (χ2v) is 9.59. The van der Waals surface area contributed by atoms with E-state index in [0.29, 0.717) is 39.8 Å². The Balaban J connectivity index is 1.63. The first-order valence-electron chi connectivity index (χ1n) is 10.7. The average molecular weight is 496 g/mol. The van der Waals surface area contributed by atoms with Crippen molar-refractivity contribution < 1.29 is 14.3 Å². The normalized spacial score (nSPS) is 11.9. The summed E-state index contributed by atoms with van der Waals surface area (Å²) in [6.45, 7) is 2.29. The largest absolute Gasteiger partial charge is 0.497 e. The number of carbonyl (C=O) groups excluding carboxylic acids is 1. The third-order valence-electron chi connectivity index (χ3n) is 5.28. The summed E-state index contributed by atoms with van der Waals surface area (Å²) in [7, 11) is 3.20. The lowest BCUT2D eigenvalue weighted by atomic mass is 10.2. The van der Waals surface area contributed by atoms with Crippen LogP contribution in [0.5, 0.6) is 11.5 Å². The van der Waals surface area contributed by atoms with Crippen LogP contribution in [-0.2, 0) is 11.3 Å². The van der Waals surface area contributed by atoms with Crippen LogP contribution in [-0.4, -0.2) is 34.9 Å². The maximum atomic E-state index is 13.3. The number of nitrogens with one attached hydrogen (secondary N) is 1. The number of fused-ring (bicyclic) bond motifs is 1. The van der Waals surface area contributed by atoms with Gasteiger partial charge in [-0.1, -0.05) is 36.9 Å². The van der Waals surface area contributed by atoms with E-state index in [9.17, 15) is 9.59 Å². The number of ether oxygens (including phenoxy) is 2. The molecule has 0 saturated heterocycles. The van der Waals surface area contributed by atoms with Crippen LogP contribution in [0.3, 0.4) is 0 Å². The van der Waals surface area contributed by atoms with Crippen LogP contribution in [0.2, 0.25) is 0 Å². The van der Waals surface area contributed by atoms with Crippen molar-refractivity contribution in [2.45, 2.75) is 30.3 Å². The number of hydrogen-bond donors (Lipinski definition) is 1. The highest BCUT2D eigenvalue weighted by Gasteiger charge is 2.23. The number of thioether (sulfide) groups is 1. The van der Waals surface area contributed by atoms with Crippen LogP contribution in [0.4, 0.5) is 5.69 Å². The highest BCUT2D eigenvalue weighted by Crippen LogP contribution is 2.28. The molecule has 0 saturated carbocycles. The number of amides is 1. The monoisotopic (exact) mass is 495 g/mol. The Labute approximate surface area is 205 Å². The quantitative estimate of drug-likeness (QED) is 0.259. The van der Waals surface area contributed by atoms with Gasteiger partial charge in [-0.05, 0) is 47.7 Å². The molecule has 0 bridgehead atoms. The summed E-state index contributed by atoms with van der Waals surface area (Å²) in [6, 6.07) is 16.6. The van der Waals surface area contributed by atoms with Gasteiger partial charge >= 0.3 is 0 Å². The number of anilines is 1. The van der Waals surface area contributed by atoms with E-state index < -0.39 is 5.25 Å². The number of nitrogens with zero attached hydrogens (tertiary/aromatic N) is 2. The smallest absolute Gasteiger partial charge is 0.272 e. The maximum absolute atomic E-state index is 13.3. The second-order valence-electron chi connectivity index (χ2n) is 7.50. The second kappa shape index (κ2) is 10.8. The Morgan fingerprint density at radius 2 is 1.88 bits per heavy atom. The molecule has 1 atom stereocenters. The van der Waals surface area contributed by atoms with Gasteiger partial charge < -0.3 is 14.8 Å². The topological polar surface area (TPSA) is 82.5 Å². The van der Waals surface area contributed by atoms with Gasteiger partial charge in [0.25, 0.3) is 5.56 Å². The van der Waals surface area contributed by atoms with E-state index in [1.54, 1.807) is 24.9 Å². The summed E-state index contributed by atoms with van der Waals surface area (Å²) < 4.78 is 12.7. The van der Waals surface area contributed by atoms with Crippen molar-refractivity contribution >= 4 is 44.9 Å². The van der Waals surface area contributed by atoms with Crippen molar-refractivity contribution in [3.05, 3.63) is 75.9 Å². The third-order valence-corrected chi connectivity index (χ3v) is 7.52. The molecule has 2 aromatic heterocycles. The molecule has 0 radical (unpaired) electrons. The molecule has 2 aromatic carbocycles. The number of carbonyl (C=O) groups is 1. The average Bonchev–Trinajstić information content (AvgIpc) is 3.34. The fourth-order valence-corrected chi connectivity index (χ4v) is 5.23. The molecule has 34 heavy (non-hydrogen) atoms. The van der Waals surface area contributed by atoms with Gasteiger partial charge in [0, 0.05) is 11.8 Å². The molecule has 4 aromatic rings. The van der Waals surface area contributed by atoms with Crippen LogP contribution in [0.1, 0.15) is 18.9 Å². The van der Waals surface area contributed by atoms with Crippen LogP contribution in [0, 0.1) is 0 Å². The SMILES string of the molecule is CC[C@@H](Sc1nc2ccsc2c(=O)n1Cc1ccc(OC)cc1)C(=O)Nc1cccc(OC)c1. The summed E-state index contributed by atoms with van der Waals surface area (Å²) in [5, 5.41) is 4.89. The predicted molar refractivity (Wildman–Crippen MR) is 138 cm³/mol. The molecule has 0 fully saturated rings.